The van der Waals surface area contributed by atoms with Gasteiger partial charge in [0, 0.05) is 23.3 Å². The van der Waals surface area contributed by atoms with Gasteiger partial charge < -0.3 is 10.4 Å². The zero-order valence-corrected chi connectivity index (χ0v) is 17.1. The molecule has 156 valence electrons. The summed E-state index contributed by atoms with van der Waals surface area (Å²) < 4.78 is 39.5. The number of hydrogen-bond donors (Lipinski definition) is 2. The second-order valence-corrected chi connectivity index (χ2v) is 7.32. The van der Waals surface area contributed by atoms with Crippen molar-refractivity contribution in [3.63, 3.8) is 0 Å². The Hall–Kier alpha value is -2.70. The molecule has 0 bridgehead atoms. The van der Waals surface area contributed by atoms with Gasteiger partial charge in [-0.25, -0.2) is 0 Å². The Kier molecular flexibility index (Phi) is 6.90. The number of alkyl halides is 3. The van der Waals surface area contributed by atoms with Crippen LogP contribution in [0.5, 0.6) is 5.75 Å². The van der Waals surface area contributed by atoms with E-state index >= 15 is 0 Å². The minimum Gasteiger partial charge on any atom is -0.506 e. The van der Waals surface area contributed by atoms with E-state index in [4.69, 9.17) is 23.2 Å². The Morgan fingerprint density at radius 1 is 1.00 bits per heavy atom. The van der Waals surface area contributed by atoms with Crippen molar-refractivity contribution in [3.05, 3.63) is 87.4 Å². The number of rotatable bonds is 6. The molecular weight excluding hydrogens is 436 g/mol. The first-order valence-corrected chi connectivity index (χ1v) is 9.71. The highest BCUT2D eigenvalue weighted by molar-refractivity contribution is 6.36. The predicted octanol–water partition coefficient (Wildman–Crippen LogP) is 7.12. The average molecular weight is 453 g/mol. The number of nitrogens with one attached hydrogen (secondary N) is 1. The van der Waals surface area contributed by atoms with Crippen LogP contribution in [0.3, 0.4) is 0 Å². The summed E-state index contributed by atoms with van der Waals surface area (Å²) in [5.41, 5.74) is 0.980. The molecule has 0 heterocycles. The van der Waals surface area contributed by atoms with Gasteiger partial charge in [0.25, 0.3) is 0 Å². The van der Waals surface area contributed by atoms with E-state index in [0.717, 1.165) is 17.7 Å². The molecule has 0 saturated heterocycles. The predicted molar refractivity (Wildman–Crippen MR) is 115 cm³/mol. The fraction of sp³-hybridized carbons (Fsp3) is 0.136. The molecule has 3 aromatic rings. The standard InChI is InChI=1S/C22H17Cl2F3N2O/c23-17-10-15(21(30)18(24)12-17)13-29-20-11-16(22(25,26)27)6-7-19(20)28-9-8-14-4-2-1-3-5-14/h1-7,10-13,28,30H,8-9H2. The lowest BCUT2D eigenvalue weighted by Crippen LogP contribution is -2.08. The molecule has 0 amide bonds. The number of phenolic OH excluding ortho intramolecular Hbond substituents is 1. The molecule has 0 aromatic heterocycles. The molecule has 3 aromatic carbocycles. The Labute approximate surface area is 181 Å². The topological polar surface area (TPSA) is 44.6 Å². The number of benzene rings is 3. The summed E-state index contributed by atoms with van der Waals surface area (Å²) in [5.74, 6) is -0.254. The van der Waals surface area contributed by atoms with Crippen molar-refractivity contribution in [2.75, 3.05) is 11.9 Å². The van der Waals surface area contributed by atoms with Gasteiger partial charge in [0.2, 0.25) is 0 Å². The monoisotopic (exact) mass is 452 g/mol. The third kappa shape index (κ3) is 5.68. The molecule has 30 heavy (non-hydrogen) atoms. The van der Waals surface area contributed by atoms with Gasteiger partial charge in [-0.3, -0.25) is 4.99 Å². The molecule has 0 saturated carbocycles. The van der Waals surface area contributed by atoms with Crippen LogP contribution >= 0.6 is 23.2 Å². The first-order chi connectivity index (χ1) is 14.2. The highest BCUT2D eigenvalue weighted by atomic mass is 35.5. The number of halogens is 5. The van der Waals surface area contributed by atoms with Gasteiger partial charge >= 0.3 is 6.18 Å². The van der Waals surface area contributed by atoms with Crippen LogP contribution < -0.4 is 5.32 Å². The molecule has 3 rings (SSSR count). The van der Waals surface area contributed by atoms with Gasteiger partial charge in [0.15, 0.2) is 0 Å². The second-order valence-electron chi connectivity index (χ2n) is 6.48. The normalized spacial score (nSPS) is 11.8. The number of aromatic hydroxyl groups is 1. The lowest BCUT2D eigenvalue weighted by atomic mass is 10.1. The minimum absolute atomic E-state index is 0.0224. The molecule has 0 aliphatic rings. The SMILES string of the molecule is Oc1c(Cl)cc(Cl)cc1C=Nc1cc(C(F)(F)F)ccc1NCCc1ccccc1. The van der Waals surface area contributed by atoms with Crippen molar-refractivity contribution < 1.29 is 18.3 Å². The summed E-state index contributed by atoms with van der Waals surface area (Å²) in [4.78, 5) is 4.15. The maximum atomic E-state index is 13.2. The van der Waals surface area contributed by atoms with E-state index < -0.39 is 11.7 Å². The lowest BCUT2D eigenvalue weighted by molar-refractivity contribution is -0.137. The van der Waals surface area contributed by atoms with Crippen LogP contribution in [0.25, 0.3) is 0 Å². The van der Waals surface area contributed by atoms with Crippen LogP contribution in [-0.4, -0.2) is 17.9 Å². The van der Waals surface area contributed by atoms with Gasteiger partial charge in [-0.2, -0.15) is 13.2 Å². The van der Waals surface area contributed by atoms with Crippen molar-refractivity contribution >= 4 is 40.8 Å². The van der Waals surface area contributed by atoms with Crippen LogP contribution in [0.4, 0.5) is 24.5 Å². The average Bonchev–Trinajstić information content (AvgIpc) is 2.70. The largest absolute Gasteiger partial charge is 0.506 e. The second kappa shape index (κ2) is 9.41. The smallest absolute Gasteiger partial charge is 0.416 e. The molecule has 3 nitrogen and oxygen atoms in total. The Morgan fingerprint density at radius 2 is 1.73 bits per heavy atom. The van der Waals surface area contributed by atoms with Crippen LogP contribution in [0, 0.1) is 0 Å². The zero-order chi connectivity index (χ0) is 21.7. The van der Waals surface area contributed by atoms with Crippen LogP contribution in [0.15, 0.2) is 65.7 Å². The van der Waals surface area contributed by atoms with Gasteiger partial charge in [0.1, 0.15) is 5.75 Å². The van der Waals surface area contributed by atoms with Crippen molar-refractivity contribution in [2.45, 2.75) is 12.6 Å². The number of anilines is 1. The van der Waals surface area contributed by atoms with Crippen molar-refractivity contribution in [3.8, 4) is 5.75 Å². The molecule has 0 unspecified atom stereocenters. The van der Waals surface area contributed by atoms with E-state index in [1.807, 2.05) is 30.3 Å². The van der Waals surface area contributed by atoms with Crippen LogP contribution in [-0.2, 0) is 12.6 Å². The zero-order valence-electron chi connectivity index (χ0n) is 15.5. The Balaban J connectivity index is 1.88. The minimum atomic E-state index is -4.51. The van der Waals surface area contributed by atoms with Gasteiger partial charge in [0.05, 0.1) is 22.0 Å². The fourth-order valence-corrected chi connectivity index (χ4v) is 3.28. The van der Waals surface area contributed by atoms with Crippen LogP contribution in [0.2, 0.25) is 10.0 Å². The van der Waals surface area contributed by atoms with E-state index in [2.05, 4.69) is 10.3 Å². The van der Waals surface area contributed by atoms with Gasteiger partial charge in [-0.1, -0.05) is 53.5 Å². The van der Waals surface area contributed by atoms with Gasteiger partial charge in [-0.05, 0) is 42.3 Å². The van der Waals surface area contributed by atoms with Gasteiger partial charge in [-0.15, -0.1) is 0 Å². The molecule has 0 atom stereocenters. The quantitative estimate of drug-likeness (QED) is 0.390. The third-order valence-corrected chi connectivity index (χ3v) is 4.80. The first kappa shape index (κ1) is 22.0. The molecule has 0 fully saturated rings. The molecule has 0 spiro atoms. The number of aliphatic imine (C=N–C) groups is 1. The molecule has 0 aliphatic carbocycles. The summed E-state index contributed by atoms with van der Waals surface area (Å²) >= 11 is 11.8. The highest BCUT2D eigenvalue weighted by Crippen LogP contribution is 2.36. The summed E-state index contributed by atoms with van der Waals surface area (Å²) in [6.45, 7) is 0.506. The summed E-state index contributed by atoms with van der Waals surface area (Å²) in [6, 6.07) is 15.8. The summed E-state index contributed by atoms with van der Waals surface area (Å²) in [5, 5.41) is 13.5. The maximum absolute atomic E-state index is 13.2. The Bertz CT molecular complexity index is 1050. The lowest BCUT2D eigenvalue weighted by Gasteiger charge is -2.13. The Morgan fingerprint density at radius 3 is 2.43 bits per heavy atom. The van der Waals surface area contributed by atoms with E-state index in [9.17, 15) is 18.3 Å². The number of nitrogens with zero attached hydrogens (tertiary/aromatic N) is 1. The van der Waals surface area contributed by atoms with Crippen LogP contribution in [0.1, 0.15) is 16.7 Å². The third-order valence-electron chi connectivity index (χ3n) is 4.30. The molecule has 8 heteroatoms. The van der Waals surface area contributed by atoms with Crippen molar-refractivity contribution in [2.24, 2.45) is 4.99 Å². The van der Waals surface area contributed by atoms with E-state index in [0.29, 0.717) is 18.7 Å². The van der Waals surface area contributed by atoms with E-state index in [1.54, 1.807) is 0 Å². The fourth-order valence-electron chi connectivity index (χ4n) is 2.77. The number of phenols is 1. The molecular formula is C22H17Cl2F3N2O. The maximum Gasteiger partial charge on any atom is 0.416 e. The molecule has 0 radical (unpaired) electrons. The summed E-state index contributed by atoms with van der Waals surface area (Å²) in [7, 11) is 0. The highest BCUT2D eigenvalue weighted by Gasteiger charge is 2.31. The van der Waals surface area contributed by atoms with Crippen molar-refractivity contribution in [1.29, 1.82) is 0 Å². The number of hydrogen-bond acceptors (Lipinski definition) is 3. The van der Waals surface area contributed by atoms with Crippen molar-refractivity contribution in [1.82, 2.24) is 0 Å². The molecule has 0 aliphatic heterocycles. The molecule has 2 N–H and O–H groups in total. The first-order valence-electron chi connectivity index (χ1n) is 8.95. The van der Waals surface area contributed by atoms with E-state index in [-0.39, 0.29) is 27.0 Å². The summed E-state index contributed by atoms with van der Waals surface area (Å²) in [6.07, 6.45) is -2.59. The van der Waals surface area contributed by atoms with E-state index in [1.165, 1.54) is 24.4 Å².